The van der Waals surface area contributed by atoms with Crippen LogP contribution in [0.25, 0.3) is 0 Å². The highest BCUT2D eigenvalue weighted by molar-refractivity contribution is 5.00. The maximum atomic E-state index is 8.93. The number of rotatable bonds is 6. The molecule has 5 heteroatoms. The second-order valence-electron chi connectivity index (χ2n) is 5.01. The van der Waals surface area contributed by atoms with Crippen molar-refractivity contribution in [1.29, 1.82) is 0 Å². The van der Waals surface area contributed by atoms with E-state index >= 15 is 0 Å². The van der Waals surface area contributed by atoms with Crippen molar-refractivity contribution in [2.45, 2.75) is 32.7 Å². The molecule has 5 nitrogen and oxygen atoms in total. The van der Waals surface area contributed by atoms with Crippen LogP contribution >= 0.6 is 0 Å². The molecule has 0 aliphatic carbocycles. The van der Waals surface area contributed by atoms with Gasteiger partial charge in [0.2, 0.25) is 5.89 Å². The third-order valence-corrected chi connectivity index (χ3v) is 2.30. The Morgan fingerprint density at radius 1 is 1.47 bits per heavy atom. The Labute approximate surface area is 102 Å². The molecule has 0 bridgehead atoms. The van der Waals surface area contributed by atoms with Crippen molar-refractivity contribution in [3.63, 3.8) is 0 Å². The summed E-state index contributed by atoms with van der Waals surface area (Å²) >= 11 is 0. The van der Waals surface area contributed by atoms with E-state index in [1.54, 1.807) is 6.08 Å². The van der Waals surface area contributed by atoms with E-state index in [9.17, 15) is 0 Å². The van der Waals surface area contributed by atoms with Crippen molar-refractivity contribution < 1.29 is 9.63 Å². The Balaban J connectivity index is 2.66. The van der Waals surface area contributed by atoms with Gasteiger partial charge in [-0.1, -0.05) is 32.0 Å². The van der Waals surface area contributed by atoms with Crippen LogP contribution in [0.1, 0.15) is 32.5 Å². The summed E-state index contributed by atoms with van der Waals surface area (Å²) in [7, 11) is 0. The fourth-order valence-electron chi connectivity index (χ4n) is 1.37. The normalized spacial score (nSPS) is 12.1. The average Bonchev–Trinajstić information content (AvgIpc) is 2.66. The van der Waals surface area contributed by atoms with Crippen LogP contribution in [0, 0.1) is 0 Å². The molecule has 0 amide bonds. The van der Waals surface area contributed by atoms with Gasteiger partial charge in [0.25, 0.3) is 0 Å². The molecule has 0 fully saturated rings. The molecule has 17 heavy (non-hydrogen) atoms. The molecule has 0 aliphatic rings. The van der Waals surface area contributed by atoms with Crippen molar-refractivity contribution in [3.05, 3.63) is 24.4 Å². The maximum Gasteiger partial charge on any atom is 0.240 e. The Bertz CT molecular complexity index is 355. The molecule has 0 saturated carbocycles. The predicted octanol–water partition coefficient (Wildman–Crippen LogP) is 1.35. The minimum Gasteiger partial charge on any atom is -0.395 e. The van der Waals surface area contributed by atoms with Crippen LogP contribution < -0.4 is 0 Å². The zero-order valence-electron chi connectivity index (χ0n) is 10.8. The van der Waals surface area contributed by atoms with Crippen LogP contribution in [0.15, 0.2) is 17.2 Å². The van der Waals surface area contributed by atoms with E-state index in [1.807, 2.05) is 25.7 Å². The minimum absolute atomic E-state index is 0.105. The summed E-state index contributed by atoms with van der Waals surface area (Å²) in [6.07, 6.45) is 1.79. The quantitative estimate of drug-likeness (QED) is 0.759. The van der Waals surface area contributed by atoms with Crippen LogP contribution in [0.2, 0.25) is 0 Å². The van der Waals surface area contributed by atoms with E-state index in [-0.39, 0.29) is 12.0 Å². The lowest BCUT2D eigenvalue weighted by Crippen LogP contribution is -2.26. The smallest absolute Gasteiger partial charge is 0.240 e. The molecule has 96 valence electrons. The van der Waals surface area contributed by atoms with E-state index in [4.69, 9.17) is 9.63 Å². The van der Waals surface area contributed by atoms with Gasteiger partial charge in [0.1, 0.15) is 0 Å². The SMILES string of the molecule is C=CCN(CCO)Cc1nc(C(C)(C)C)no1. The van der Waals surface area contributed by atoms with Crippen molar-refractivity contribution >= 4 is 0 Å². The van der Waals surface area contributed by atoms with E-state index in [0.717, 1.165) is 0 Å². The van der Waals surface area contributed by atoms with Gasteiger partial charge in [-0.15, -0.1) is 6.58 Å². The molecule has 1 aromatic heterocycles. The standard InChI is InChI=1S/C12H21N3O2/c1-5-6-15(7-8-16)9-10-13-11(14-17-10)12(2,3)4/h5,16H,1,6-9H2,2-4H3. The highest BCUT2D eigenvalue weighted by Crippen LogP contribution is 2.18. The molecular weight excluding hydrogens is 218 g/mol. The fourth-order valence-corrected chi connectivity index (χ4v) is 1.37. The van der Waals surface area contributed by atoms with E-state index in [0.29, 0.717) is 31.3 Å². The van der Waals surface area contributed by atoms with E-state index in [1.165, 1.54) is 0 Å². The summed E-state index contributed by atoms with van der Waals surface area (Å²) < 4.78 is 5.20. The van der Waals surface area contributed by atoms with E-state index in [2.05, 4.69) is 16.7 Å². The molecule has 1 rings (SSSR count). The lowest BCUT2D eigenvalue weighted by Gasteiger charge is -2.16. The number of aromatic nitrogens is 2. The van der Waals surface area contributed by atoms with Crippen LogP contribution in [0.3, 0.4) is 0 Å². The van der Waals surface area contributed by atoms with Gasteiger partial charge >= 0.3 is 0 Å². The van der Waals surface area contributed by atoms with Gasteiger partial charge in [-0.3, -0.25) is 4.90 Å². The zero-order chi connectivity index (χ0) is 12.9. The number of hydrogen-bond donors (Lipinski definition) is 1. The van der Waals surface area contributed by atoms with Gasteiger partial charge in [0.15, 0.2) is 5.82 Å². The van der Waals surface area contributed by atoms with Gasteiger partial charge in [-0.25, -0.2) is 0 Å². The summed E-state index contributed by atoms with van der Waals surface area (Å²) in [6, 6.07) is 0. The Morgan fingerprint density at radius 2 is 2.18 bits per heavy atom. The first-order valence-electron chi connectivity index (χ1n) is 5.74. The molecule has 0 radical (unpaired) electrons. The zero-order valence-corrected chi connectivity index (χ0v) is 10.8. The molecule has 0 aliphatic heterocycles. The van der Waals surface area contributed by atoms with Gasteiger partial charge in [-0.2, -0.15) is 4.98 Å². The third kappa shape index (κ3) is 4.28. The Kier molecular flexibility index (Phi) is 4.84. The van der Waals surface area contributed by atoms with Gasteiger partial charge in [0, 0.05) is 18.5 Å². The maximum absolute atomic E-state index is 8.93. The first-order chi connectivity index (χ1) is 7.97. The molecule has 1 heterocycles. The molecule has 0 atom stereocenters. The van der Waals surface area contributed by atoms with Crippen LogP contribution in [0.4, 0.5) is 0 Å². The largest absolute Gasteiger partial charge is 0.395 e. The summed E-state index contributed by atoms with van der Waals surface area (Å²) in [5.41, 5.74) is -0.109. The number of hydrogen-bond acceptors (Lipinski definition) is 5. The van der Waals surface area contributed by atoms with Crippen molar-refractivity contribution in [2.24, 2.45) is 0 Å². The monoisotopic (exact) mass is 239 g/mol. The second kappa shape index (κ2) is 5.93. The summed E-state index contributed by atoms with van der Waals surface area (Å²) in [5.74, 6) is 1.28. The summed E-state index contributed by atoms with van der Waals surface area (Å²) in [6.45, 7) is 11.7. The van der Waals surface area contributed by atoms with Crippen LogP contribution in [0.5, 0.6) is 0 Å². The number of aliphatic hydroxyl groups excluding tert-OH is 1. The Hall–Kier alpha value is -1.20. The number of aliphatic hydroxyl groups is 1. The van der Waals surface area contributed by atoms with Crippen LogP contribution in [-0.2, 0) is 12.0 Å². The van der Waals surface area contributed by atoms with E-state index < -0.39 is 0 Å². The average molecular weight is 239 g/mol. The predicted molar refractivity (Wildman–Crippen MR) is 65.6 cm³/mol. The van der Waals surface area contributed by atoms with Crippen molar-refractivity contribution in [2.75, 3.05) is 19.7 Å². The van der Waals surface area contributed by atoms with Crippen molar-refractivity contribution in [3.8, 4) is 0 Å². The number of nitrogens with zero attached hydrogens (tertiary/aromatic N) is 3. The Morgan fingerprint density at radius 3 is 2.65 bits per heavy atom. The molecular formula is C12H21N3O2. The topological polar surface area (TPSA) is 62.4 Å². The van der Waals surface area contributed by atoms with Crippen LogP contribution in [-0.4, -0.2) is 39.8 Å². The van der Waals surface area contributed by atoms with Gasteiger partial charge in [0.05, 0.1) is 13.2 Å². The summed E-state index contributed by atoms with van der Waals surface area (Å²) in [4.78, 5) is 6.34. The molecule has 1 N–H and O–H groups in total. The first kappa shape index (κ1) is 13.9. The molecule has 0 saturated heterocycles. The molecule has 0 spiro atoms. The molecule has 1 aromatic rings. The van der Waals surface area contributed by atoms with Gasteiger partial charge in [-0.05, 0) is 0 Å². The first-order valence-corrected chi connectivity index (χ1v) is 5.74. The van der Waals surface area contributed by atoms with Gasteiger partial charge < -0.3 is 9.63 Å². The molecule has 0 aromatic carbocycles. The lowest BCUT2D eigenvalue weighted by molar-refractivity contribution is 0.186. The minimum atomic E-state index is -0.109. The third-order valence-electron chi connectivity index (χ3n) is 2.30. The lowest BCUT2D eigenvalue weighted by atomic mass is 9.96. The highest BCUT2D eigenvalue weighted by Gasteiger charge is 2.21. The highest BCUT2D eigenvalue weighted by atomic mass is 16.5. The second-order valence-corrected chi connectivity index (χ2v) is 5.01. The summed E-state index contributed by atoms with van der Waals surface area (Å²) in [5, 5.41) is 12.9. The van der Waals surface area contributed by atoms with Crippen molar-refractivity contribution in [1.82, 2.24) is 15.0 Å². The fraction of sp³-hybridized carbons (Fsp3) is 0.667. The molecule has 0 unspecified atom stereocenters.